The molecule has 1 aromatic heterocycles. The third-order valence-electron chi connectivity index (χ3n) is 7.78. The van der Waals surface area contributed by atoms with Crippen LogP contribution < -0.4 is 11.3 Å². The van der Waals surface area contributed by atoms with Crippen LogP contribution in [0.25, 0.3) is 11.1 Å². The van der Waals surface area contributed by atoms with Gasteiger partial charge in [-0.15, -0.1) is 0 Å². The number of Topliss-reactive ketones (excluding diaryl/α,β-unsaturated/α-hetero) is 2. The molecule has 1 saturated carbocycles. The summed E-state index contributed by atoms with van der Waals surface area (Å²) in [7, 11) is 1.49. The number of nitrogens with two attached hydrogens (primary N) is 1. The van der Waals surface area contributed by atoms with Gasteiger partial charge in [0.2, 0.25) is 0 Å². The molecule has 2 aromatic carbocycles. The SMILES string of the molecule is COCCC(C(=O)Cc1ccc(C(N)=O)c(F)c1)n1cc2c(cc1=O)-c1cc(Cl)ccc1CC1(CC1)CC2=O. The van der Waals surface area contributed by atoms with E-state index in [4.69, 9.17) is 22.1 Å². The van der Waals surface area contributed by atoms with E-state index in [0.717, 1.165) is 36.5 Å². The summed E-state index contributed by atoms with van der Waals surface area (Å²) in [5, 5.41) is 0.504. The number of pyridine rings is 1. The van der Waals surface area contributed by atoms with Gasteiger partial charge < -0.3 is 15.0 Å². The number of carbonyl (C=O) groups excluding carboxylic acids is 3. The zero-order valence-corrected chi connectivity index (χ0v) is 22.2. The second kappa shape index (κ2) is 10.5. The highest BCUT2D eigenvalue weighted by atomic mass is 35.5. The maximum atomic E-state index is 14.3. The first kappa shape index (κ1) is 27.0. The number of halogens is 2. The smallest absolute Gasteiger partial charge is 0.251 e. The number of fused-ring (bicyclic) bond motifs is 3. The van der Waals surface area contributed by atoms with Gasteiger partial charge in [0.15, 0.2) is 11.6 Å². The zero-order chi connectivity index (χ0) is 27.9. The van der Waals surface area contributed by atoms with Crippen LogP contribution in [-0.4, -0.2) is 35.8 Å². The quantitative estimate of drug-likeness (QED) is 0.437. The van der Waals surface area contributed by atoms with Crippen LogP contribution in [0.15, 0.2) is 53.5 Å². The van der Waals surface area contributed by atoms with Gasteiger partial charge in [-0.1, -0.05) is 23.7 Å². The van der Waals surface area contributed by atoms with E-state index < -0.39 is 23.3 Å². The second-order valence-corrected chi connectivity index (χ2v) is 11.0. The molecule has 202 valence electrons. The van der Waals surface area contributed by atoms with Gasteiger partial charge in [-0.3, -0.25) is 19.2 Å². The highest BCUT2D eigenvalue weighted by Crippen LogP contribution is 2.54. The Bertz CT molecular complexity index is 1560. The third-order valence-corrected chi connectivity index (χ3v) is 8.02. The second-order valence-electron chi connectivity index (χ2n) is 10.5. The van der Waals surface area contributed by atoms with Crippen LogP contribution in [0.4, 0.5) is 4.39 Å². The molecule has 1 spiro atoms. The number of hydrogen-bond donors (Lipinski definition) is 1. The van der Waals surface area contributed by atoms with Crippen molar-refractivity contribution in [2.75, 3.05) is 13.7 Å². The molecule has 7 nitrogen and oxygen atoms in total. The van der Waals surface area contributed by atoms with Crippen molar-refractivity contribution in [1.82, 2.24) is 4.57 Å². The van der Waals surface area contributed by atoms with Crippen molar-refractivity contribution in [1.29, 1.82) is 0 Å². The fourth-order valence-electron chi connectivity index (χ4n) is 5.49. The molecule has 0 radical (unpaired) electrons. The van der Waals surface area contributed by atoms with Crippen molar-refractivity contribution in [3.8, 4) is 11.1 Å². The Morgan fingerprint density at radius 2 is 1.85 bits per heavy atom. The van der Waals surface area contributed by atoms with E-state index in [1.54, 1.807) is 6.07 Å². The Kier molecular flexibility index (Phi) is 7.27. The van der Waals surface area contributed by atoms with Gasteiger partial charge >= 0.3 is 0 Å². The first-order valence-corrected chi connectivity index (χ1v) is 13.2. The fraction of sp³-hybridized carbons (Fsp3) is 0.333. The summed E-state index contributed by atoms with van der Waals surface area (Å²) in [5.74, 6) is -2.17. The maximum Gasteiger partial charge on any atom is 0.251 e. The van der Waals surface area contributed by atoms with Crippen LogP contribution in [0, 0.1) is 11.2 Å². The van der Waals surface area contributed by atoms with Crippen LogP contribution in [-0.2, 0) is 22.4 Å². The Morgan fingerprint density at radius 3 is 2.51 bits per heavy atom. The number of aromatic nitrogens is 1. The topological polar surface area (TPSA) is 108 Å². The highest BCUT2D eigenvalue weighted by molar-refractivity contribution is 6.31. The van der Waals surface area contributed by atoms with Gasteiger partial charge in [0, 0.05) is 49.4 Å². The highest BCUT2D eigenvalue weighted by Gasteiger charge is 2.46. The van der Waals surface area contributed by atoms with E-state index in [-0.39, 0.29) is 42.0 Å². The molecule has 1 unspecified atom stereocenters. The number of hydrogen-bond acceptors (Lipinski definition) is 5. The standard InChI is InChI=1S/C30H28ClFN2O5/c1-39-9-6-25(26(35)11-17-2-5-20(29(33)38)24(32)10-17)34-16-23-22(13-28(34)37)21-12-19(31)4-3-18(21)14-30(7-8-30)15-27(23)36/h2-5,10,12-13,16,25H,6-9,11,14-15H2,1H3,(H2,33,38). The van der Waals surface area contributed by atoms with Gasteiger partial charge in [-0.2, -0.15) is 0 Å². The lowest BCUT2D eigenvalue weighted by Gasteiger charge is -2.25. The lowest BCUT2D eigenvalue weighted by Crippen LogP contribution is -2.33. The van der Waals surface area contributed by atoms with E-state index in [9.17, 15) is 23.6 Å². The Hall–Kier alpha value is -3.62. The molecule has 3 aromatic rings. The van der Waals surface area contributed by atoms with Crippen molar-refractivity contribution in [2.45, 2.75) is 44.6 Å². The summed E-state index contributed by atoms with van der Waals surface area (Å²) in [4.78, 5) is 51.9. The van der Waals surface area contributed by atoms with E-state index >= 15 is 0 Å². The van der Waals surface area contributed by atoms with E-state index in [1.807, 2.05) is 12.1 Å². The summed E-state index contributed by atoms with van der Waals surface area (Å²) in [6.45, 7) is 0.185. The van der Waals surface area contributed by atoms with Crippen LogP contribution in [0.3, 0.4) is 0 Å². The van der Waals surface area contributed by atoms with Crippen LogP contribution in [0.5, 0.6) is 0 Å². The van der Waals surface area contributed by atoms with Crippen LogP contribution in [0.1, 0.15) is 63.6 Å². The normalized spacial score (nSPS) is 16.1. The number of nitrogens with zero attached hydrogens (tertiary/aromatic N) is 1. The van der Waals surface area contributed by atoms with Crippen LogP contribution >= 0.6 is 11.6 Å². The van der Waals surface area contributed by atoms with Crippen molar-refractivity contribution in [3.63, 3.8) is 0 Å². The predicted molar refractivity (Wildman–Crippen MR) is 145 cm³/mol. The van der Waals surface area contributed by atoms with Gasteiger partial charge in [0.25, 0.3) is 11.5 Å². The molecule has 9 heteroatoms. The molecule has 39 heavy (non-hydrogen) atoms. The summed E-state index contributed by atoms with van der Waals surface area (Å²) in [6, 6.07) is 9.79. The average molecular weight is 551 g/mol. The van der Waals surface area contributed by atoms with Gasteiger partial charge in [0.05, 0.1) is 11.6 Å². The Balaban J connectivity index is 1.56. The first-order valence-electron chi connectivity index (χ1n) is 12.8. The molecule has 0 saturated heterocycles. The molecule has 2 N–H and O–H groups in total. The van der Waals surface area contributed by atoms with E-state index in [2.05, 4.69) is 0 Å². The van der Waals surface area contributed by atoms with Crippen molar-refractivity contribution in [2.24, 2.45) is 11.1 Å². The van der Waals surface area contributed by atoms with Crippen molar-refractivity contribution >= 4 is 29.1 Å². The molecule has 1 heterocycles. The average Bonchev–Trinajstić information content (AvgIpc) is 3.64. The largest absolute Gasteiger partial charge is 0.385 e. The Morgan fingerprint density at radius 1 is 1.08 bits per heavy atom. The minimum absolute atomic E-state index is 0.0797. The number of rotatable bonds is 8. The molecule has 2 aliphatic rings. The van der Waals surface area contributed by atoms with Crippen molar-refractivity contribution in [3.05, 3.63) is 92.1 Å². The molecular formula is C30H28ClFN2O5. The molecule has 0 bridgehead atoms. The molecule has 1 fully saturated rings. The van der Waals surface area contributed by atoms with Gasteiger partial charge in [-0.05, 0) is 77.6 Å². The number of ketones is 2. The molecular weight excluding hydrogens is 523 g/mol. The maximum absolute atomic E-state index is 14.3. The molecule has 1 amide bonds. The molecule has 1 atom stereocenters. The molecule has 5 rings (SSSR count). The van der Waals surface area contributed by atoms with Gasteiger partial charge in [-0.25, -0.2) is 4.39 Å². The van der Waals surface area contributed by atoms with E-state index in [0.29, 0.717) is 28.1 Å². The summed E-state index contributed by atoms with van der Waals surface area (Å²) < 4.78 is 20.8. The minimum Gasteiger partial charge on any atom is -0.385 e. The number of benzene rings is 2. The lowest BCUT2D eigenvalue weighted by molar-refractivity contribution is -0.122. The molecule has 2 aliphatic carbocycles. The lowest BCUT2D eigenvalue weighted by atomic mass is 9.81. The predicted octanol–water partition coefficient (Wildman–Crippen LogP) is 4.71. The summed E-state index contributed by atoms with van der Waals surface area (Å²) in [6.07, 6.45) is 4.49. The number of amides is 1. The van der Waals surface area contributed by atoms with Gasteiger partial charge in [0.1, 0.15) is 5.82 Å². The zero-order valence-electron chi connectivity index (χ0n) is 21.5. The fourth-order valence-corrected chi connectivity index (χ4v) is 5.67. The third kappa shape index (κ3) is 5.44. The molecule has 0 aliphatic heterocycles. The monoisotopic (exact) mass is 550 g/mol. The minimum atomic E-state index is -0.950. The summed E-state index contributed by atoms with van der Waals surface area (Å²) in [5.41, 5.74) is 7.37. The Labute approximate surface area is 229 Å². The number of ether oxygens (including phenoxy) is 1. The van der Waals surface area contributed by atoms with E-state index in [1.165, 1.54) is 36.1 Å². The number of methoxy groups -OCH3 is 1. The number of primary amides is 1. The van der Waals surface area contributed by atoms with Crippen molar-refractivity contribution < 1.29 is 23.5 Å². The first-order chi connectivity index (χ1) is 18.6. The van der Waals surface area contributed by atoms with Crippen LogP contribution in [0.2, 0.25) is 5.02 Å². The number of carbonyl (C=O) groups is 3. The summed E-state index contributed by atoms with van der Waals surface area (Å²) >= 11 is 6.32.